The van der Waals surface area contributed by atoms with Crippen molar-refractivity contribution in [3.05, 3.63) is 77.9 Å². The monoisotopic (exact) mass is 378 g/mol. The third-order valence-corrected chi connectivity index (χ3v) is 5.56. The Kier molecular flexibility index (Phi) is 5.77. The lowest BCUT2D eigenvalue weighted by Gasteiger charge is -2.38. The van der Waals surface area contributed by atoms with Crippen LogP contribution in [0.15, 0.2) is 66.7 Å². The van der Waals surface area contributed by atoms with Gasteiger partial charge in [-0.3, -0.25) is 4.79 Å². The number of hydrogen-bond acceptors (Lipinski definition) is 4. The highest BCUT2D eigenvalue weighted by Crippen LogP contribution is 2.43. The second kappa shape index (κ2) is 8.61. The van der Waals surface area contributed by atoms with Gasteiger partial charge in [-0.15, -0.1) is 0 Å². The molecule has 0 bridgehead atoms. The van der Waals surface area contributed by atoms with Gasteiger partial charge in [-0.1, -0.05) is 60.7 Å². The highest BCUT2D eigenvalue weighted by molar-refractivity contribution is 5.74. The fourth-order valence-corrected chi connectivity index (χ4v) is 4.15. The van der Waals surface area contributed by atoms with Gasteiger partial charge in [-0.25, -0.2) is 0 Å². The molecule has 0 radical (unpaired) electrons. The molecule has 1 fully saturated rings. The van der Waals surface area contributed by atoms with Crippen LogP contribution in [-0.4, -0.2) is 25.5 Å². The summed E-state index contributed by atoms with van der Waals surface area (Å²) in [6.45, 7) is 3.04. The molecule has 4 atom stereocenters. The van der Waals surface area contributed by atoms with Crippen molar-refractivity contribution in [2.75, 3.05) is 13.2 Å². The molecule has 0 N–H and O–H groups in total. The van der Waals surface area contributed by atoms with Crippen LogP contribution in [0.1, 0.15) is 36.8 Å². The molecular weight excluding hydrogens is 352 g/mol. The van der Waals surface area contributed by atoms with Crippen LogP contribution < -0.4 is 0 Å². The van der Waals surface area contributed by atoms with Crippen molar-refractivity contribution >= 4 is 11.7 Å². The third-order valence-electron chi connectivity index (χ3n) is 5.56. The van der Waals surface area contributed by atoms with Crippen LogP contribution in [0.4, 0.5) is 0 Å². The van der Waals surface area contributed by atoms with Crippen LogP contribution in [-0.2, 0) is 19.0 Å². The largest absolute Gasteiger partial charge is 0.465 e. The number of allylic oxidation sites excluding steroid dienone is 1. The van der Waals surface area contributed by atoms with Gasteiger partial charge in [-0.05, 0) is 31.4 Å². The quantitative estimate of drug-likeness (QED) is 0.679. The Morgan fingerprint density at radius 1 is 1.04 bits per heavy atom. The van der Waals surface area contributed by atoms with Crippen molar-refractivity contribution in [3.8, 4) is 0 Å². The second-order valence-corrected chi connectivity index (χ2v) is 7.33. The minimum absolute atomic E-state index is 0.0467. The minimum Gasteiger partial charge on any atom is -0.465 e. The van der Waals surface area contributed by atoms with E-state index in [1.165, 1.54) is 5.56 Å². The lowest BCUT2D eigenvalue weighted by molar-refractivity contribution is -0.150. The highest BCUT2D eigenvalue weighted by atomic mass is 16.7. The molecule has 0 spiro atoms. The maximum Gasteiger partial charge on any atom is 0.309 e. The first-order valence-electron chi connectivity index (χ1n) is 10.0. The maximum atomic E-state index is 12.1. The normalized spacial score (nSPS) is 27.0. The number of benzene rings is 2. The molecule has 2 aliphatic rings. The Balaban J connectivity index is 1.72. The molecule has 28 heavy (non-hydrogen) atoms. The SMILES string of the molecule is CCOC1OC(c2ccccc2)=CC(c2ccccc2)C1CC1CCOC1=O. The number of rotatable bonds is 6. The molecule has 0 saturated carbocycles. The van der Waals surface area contributed by atoms with E-state index < -0.39 is 6.29 Å². The lowest BCUT2D eigenvalue weighted by atomic mass is 9.77. The zero-order chi connectivity index (χ0) is 19.3. The van der Waals surface area contributed by atoms with Gasteiger partial charge in [0, 0.05) is 24.0 Å². The van der Waals surface area contributed by atoms with Gasteiger partial charge in [0.15, 0.2) is 0 Å². The van der Waals surface area contributed by atoms with E-state index >= 15 is 0 Å². The molecule has 146 valence electrons. The van der Waals surface area contributed by atoms with Crippen molar-refractivity contribution in [3.63, 3.8) is 0 Å². The summed E-state index contributed by atoms with van der Waals surface area (Å²) in [7, 11) is 0. The molecule has 2 heterocycles. The van der Waals surface area contributed by atoms with Crippen LogP contribution in [0.2, 0.25) is 0 Å². The third kappa shape index (κ3) is 3.97. The predicted molar refractivity (Wildman–Crippen MR) is 107 cm³/mol. The molecule has 2 aromatic carbocycles. The molecular formula is C24H26O4. The smallest absolute Gasteiger partial charge is 0.309 e. The summed E-state index contributed by atoms with van der Waals surface area (Å²) >= 11 is 0. The second-order valence-electron chi connectivity index (χ2n) is 7.33. The van der Waals surface area contributed by atoms with Crippen molar-refractivity contribution < 1.29 is 19.0 Å². The Morgan fingerprint density at radius 2 is 1.75 bits per heavy atom. The Morgan fingerprint density at radius 3 is 2.39 bits per heavy atom. The number of cyclic esters (lactones) is 1. The highest BCUT2D eigenvalue weighted by Gasteiger charge is 2.41. The van der Waals surface area contributed by atoms with Gasteiger partial charge in [0.2, 0.25) is 6.29 Å². The standard InChI is InChI=1S/C24H26O4/c1-2-26-24-21(15-19-13-14-27-23(19)25)20(17-9-5-3-6-10-17)16-22(28-24)18-11-7-4-8-12-18/h3-12,16,19-21,24H,2,13-15H2,1H3. The Bertz CT molecular complexity index is 815. The van der Waals surface area contributed by atoms with Crippen LogP contribution >= 0.6 is 0 Å². The average Bonchev–Trinajstić information content (AvgIpc) is 3.15. The van der Waals surface area contributed by atoms with Gasteiger partial charge < -0.3 is 14.2 Å². The van der Waals surface area contributed by atoms with Crippen LogP contribution in [0.3, 0.4) is 0 Å². The average molecular weight is 378 g/mol. The molecule has 4 rings (SSSR count). The molecule has 0 aromatic heterocycles. The number of hydrogen-bond donors (Lipinski definition) is 0. The van der Waals surface area contributed by atoms with Gasteiger partial charge in [0.25, 0.3) is 0 Å². The van der Waals surface area contributed by atoms with E-state index in [1.807, 2.05) is 43.3 Å². The number of carbonyl (C=O) groups is 1. The fraction of sp³-hybridized carbons (Fsp3) is 0.375. The van der Waals surface area contributed by atoms with E-state index in [9.17, 15) is 4.79 Å². The number of ether oxygens (including phenoxy) is 3. The summed E-state index contributed by atoms with van der Waals surface area (Å²) in [5.74, 6) is 0.799. The number of esters is 1. The summed E-state index contributed by atoms with van der Waals surface area (Å²) in [6, 6.07) is 20.5. The van der Waals surface area contributed by atoms with Gasteiger partial charge in [0.1, 0.15) is 5.76 Å². The Labute approximate surface area is 166 Å². The molecule has 0 amide bonds. The molecule has 4 nitrogen and oxygen atoms in total. The van der Waals surface area contributed by atoms with E-state index in [4.69, 9.17) is 14.2 Å². The van der Waals surface area contributed by atoms with E-state index in [0.717, 1.165) is 17.7 Å². The Hall–Kier alpha value is -2.59. The minimum atomic E-state index is -0.399. The molecule has 1 saturated heterocycles. The topological polar surface area (TPSA) is 44.8 Å². The van der Waals surface area contributed by atoms with Crippen molar-refractivity contribution in [1.82, 2.24) is 0 Å². The fourth-order valence-electron chi connectivity index (χ4n) is 4.15. The molecule has 4 heteroatoms. The van der Waals surface area contributed by atoms with E-state index in [0.29, 0.717) is 19.6 Å². The van der Waals surface area contributed by atoms with Gasteiger partial charge in [-0.2, -0.15) is 0 Å². The van der Waals surface area contributed by atoms with Crippen molar-refractivity contribution in [2.24, 2.45) is 11.8 Å². The summed E-state index contributed by atoms with van der Waals surface area (Å²) < 4.78 is 17.5. The summed E-state index contributed by atoms with van der Waals surface area (Å²) in [4.78, 5) is 12.1. The number of carbonyl (C=O) groups excluding carboxylic acids is 1. The zero-order valence-electron chi connectivity index (χ0n) is 16.1. The van der Waals surface area contributed by atoms with Crippen LogP contribution in [0, 0.1) is 11.8 Å². The maximum absolute atomic E-state index is 12.1. The van der Waals surface area contributed by atoms with Gasteiger partial charge >= 0.3 is 5.97 Å². The molecule has 2 aliphatic heterocycles. The molecule has 2 aromatic rings. The first-order chi connectivity index (χ1) is 13.8. The lowest BCUT2D eigenvalue weighted by Crippen LogP contribution is -2.36. The van der Waals surface area contributed by atoms with Gasteiger partial charge in [0.05, 0.1) is 12.5 Å². The summed E-state index contributed by atoms with van der Waals surface area (Å²) in [5, 5.41) is 0. The zero-order valence-corrected chi connectivity index (χ0v) is 16.1. The van der Waals surface area contributed by atoms with Crippen LogP contribution in [0.25, 0.3) is 5.76 Å². The van der Waals surface area contributed by atoms with E-state index in [-0.39, 0.29) is 23.7 Å². The van der Waals surface area contributed by atoms with E-state index in [1.54, 1.807) is 0 Å². The predicted octanol–water partition coefficient (Wildman–Crippen LogP) is 4.77. The van der Waals surface area contributed by atoms with Crippen molar-refractivity contribution in [2.45, 2.75) is 32.0 Å². The summed E-state index contributed by atoms with van der Waals surface area (Å²) in [5.41, 5.74) is 2.24. The summed E-state index contributed by atoms with van der Waals surface area (Å²) in [6.07, 6.45) is 3.25. The van der Waals surface area contributed by atoms with Crippen LogP contribution in [0.5, 0.6) is 0 Å². The van der Waals surface area contributed by atoms with E-state index in [2.05, 4.69) is 30.3 Å². The van der Waals surface area contributed by atoms with Crippen molar-refractivity contribution in [1.29, 1.82) is 0 Å². The first-order valence-corrected chi connectivity index (χ1v) is 10.0. The molecule has 0 aliphatic carbocycles. The first kappa shape index (κ1) is 18.8. The molecule has 4 unspecified atom stereocenters.